The van der Waals surface area contributed by atoms with Gasteiger partial charge in [0.25, 0.3) is 5.89 Å². The maximum Gasteiger partial charge on any atom is 0.280 e. The summed E-state index contributed by atoms with van der Waals surface area (Å²) in [5.74, 6) is 1.08. The highest BCUT2D eigenvalue weighted by Gasteiger charge is 2.16. The fourth-order valence-electron chi connectivity index (χ4n) is 1.55. The monoisotopic (exact) mass is 243 g/mol. The Balaban J connectivity index is 2.05. The van der Waals surface area contributed by atoms with E-state index in [9.17, 15) is 5.11 Å². The van der Waals surface area contributed by atoms with Crippen molar-refractivity contribution in [3.05, 3.63) is 30.7 Å². The van der Waals surface area contributed by atoms with E-state index in [4.69, 9.17) is 4.52 Å². The number of imidazole rings is 1. The molecule has 0 aromatic carbocycles. The smallest absolute Gasteiger partial charge is 0.280 e. The molecule has 7 heteroatoms. The van der Waals surface area contributed by atoms with E-state index >= 15 is 0 Å². The molecule has 0 aliphatic carbocycles. The summed E-state index contributed by atoms with van der Waals surface area (Å²) in [6, 6.07) is 3.13. The van der Waals surface area contributed by atoms with Crippen molar-refractivity contribution in [1.29, 1.82) is 0 Å². The lowest BCUT2D eigenvalue weighted by Crippen LogP contribution is -1.92. The third-order valence-corrected chi connectivity index (χ3v) is 2.44. The number of pyridine rings is 1. The van der Waals surface area contributed by atoms with Gasteiger partial charge in [-0.15, -0.1) is 0 Å². The van der Waals surface area contributed by atoms with Gasteiger partial charge in [0, 0.05) is 25.6 Å². The molecule has 0 amide bonds. The highest BCUT2D eigenvalue weighted by molar-refractivity contribution is 5.58. The Morgan fingerprint density at radius 1 is 1.28 bits per heavy atom. The van der Waals surface area contributed by atoms with E-state index in [1.54, 1.807) is 29.2 Å². The van der Waals surface area contributed by atoms with Gasteiger partial charge < -0.3 is 14.2 Å². The van der Waals surface area contributed by atoms with Crippen LogP contribution in [-0.4, -0.2) is 29.8 Å². The number of hydrogen-bond acceptors (Lipinski definition) is 6. The van der Waals surface area contributed by atoms with Crippen molar-refractivity contribution >= 4 is 0 Å². The molecule has 0 saturated heterocycles. The molecular weight excluding hydrogens is 234 g/mol. The molecule has 3 heterocycles. The van der Waals surface area contributed by atoms with Crippen LogP contribution in [0.3, 0.4) is 0 Å². The van der Waals surface area contributed by atoms with Gasteiger partial charge in [-0.1, -0.05) is 5.16 Å². The third kappa shape index (κ3) is 1.61. The molecule has 0 fully saturated rings. The molecule has 3 aromatic heterocycles. The van der Waals surface area contributed by atoms with Crippen LogP contribution >= 0.6 is 0 Å². The van der Waals surface area contributed by atoms with Crippen LogP contribution in [0.5, 0.6) is 5.75 Å². The SMILES string of the molecule is Cn1ccnc1-c1noc(-c2ncccc2O)n1. The fourth-order valence-corrected chi connectivity index (χ4v) is 1.55. The normalized spacial score (nSPS) is 10.7. The Labute approximate surface area is 102 Å². The second kappa shape index (κ2) is 3.95. The molecule has 0 spiro atoms. The summed E-state index contributed by atoms with van der Waals surface area (Å²) in [5.41, 5.74) is 0.255. The number of rotatable bonds is 2. The van der Waals surface area contributed by atoms with E-state index in [0.29, 0.717) is 11.6 Å². The van der Waals surface area contributed by atoms with Crippen molar-refractivity contribution in [2.45, 2.75) is 0 Å². The van der Waals surface area contributed by atoms with Crippen molar-refractivity contribution in [2.24, 2.45) is 7.05 Å². The lowest BCUT2D eigenvalue weighted by atomic mass is 10.3. The number of aromatic hydroxyl groups is 1. The first-order valence-corrected chi connectivity index (χ1v) is 5.21. The molecule has 7 nitrogen and oxygen atoms in total. The van der Waals surface area contributed by atoms with E-state index in [-0.39, 0.29) is 17.3 Å². The van der Waals surface area contributed by atoms with Crippen molar-refractivity contribution in [1.82, 2.24) is 24.7 Å². The van der Waals surface area contributed by atoms with Crippen LogP contribution in [-0.2, 0) is 7.05 Å². The zero-order valence-electron chi connectivity index (χ0n) is 9.48. The third-order valence-electron chi connectivity index (χ3n) is 2.44. The van der Waals surface area contributed by atoms with Crippen molar-refractivity contribution in [2.75, 3.05) is 0 Å². The molecule has 0 radical (unpaired) electrons. The maximum absolute atomic E-state index is 9.65. The zero-order chi connectivity index (χ0) is 12.5. The van der Waals surface area contributed by atoms with Crippen LogP contribution < -0.4 is 0 Å². The van der Waals surface area contributed by atoms with Crippen molar-refractivity contribution in [3.8, 4) is 29.0 Å². The minimum absolute atomic E-state index is 0.00691. The summed E-state index contributed by atoms with van der Waals surface area (Å²) in [4.78, 5) is 12.3. The fraction of sp³-hybridized carbons (Fsp3) is 0.0909. The molecule has 0 saturated carbocycles. The number of aryl methyl sites for hydroxylation is 1. The molecule has 90 valence electrons. The van der Waals surface area contributed by atoms with E-state index in [1.807, 2.05) is 7.05 Å². The molecule has 0 bridgehead atoms. The minimum atomic E-state index is -0.00691. The first-order chi connectivity index (χ1) is 8.75. The predicted molar refractivity (Wildman–Crippen MR) is 61.4 cm³/mol. The average molecular weight is 243 g/mol. The second-order valence-electron chi connectivity index (χ2n) is 3.66. The molecule has 1 N–H and O–H groups in total. The number of nitrogens with zero attached hydrogens (tertiary/aromatic N) is 5. The Morgan fingerprint density at radius 2 is 2.17 bits per heavy atom. The van der Waals surface area contributed by atoms with Crippen LogP contribution in [0.2, 0.25) is 0 Å². The Hall–Kier alpha value is -2.70. The standard InChI is InChI=1S/C11H9N5O2/c1-16-6-5-13-10(16)9-14-11(18-15-9)8-7(17)3-2-4-12-8/h2-6,17H,1H3. The first kappa shape index (κ1) is 10.5. The summed E-state index contributed by atoms with van der Waals surface area (Å²) in [5, 5.41) is 13.5. The summed E-state index contributed by atoms with van der Waals surface area (Å²) in [6.07, 6.45) is 4.97. The predicted octanol–water partition coefficient (Wildman–Crippen LogP) is 1.24. The summed E-state index contributed by atoms with van der Waals surface area (Å²) < 4.78 is 6.84. The molecule has 0 atom stereocenters. The number of hydrogen-bond donors (Lipinski definition) is 1. The van der Waals surface area contributed by atoms with Crippen LogP contribution in [0.25, 0.3) is 23.2 Å². The van der Waals surface area contributed by atoms with E-state index < -0.39 is 0 Å². The number of aromatic nitrogens is 5. The van der Waals surface area contributed by atoms with Gasteiger partial charge in [-0.2, -0.15) is 4.98 Å². The summed E-state index contributed by atoms with van der Waals surface area (Å²) >= 11 is 0. The average Bonchev–Trinajstić information content (AvgIpc) is 2.98. The van der Waals surface area contributed by atoms with Crippen LogP contribution in [0.15, 0.2) is 35.2 Å². The zero-order valence-corrected chi connectivity index (χ0v) is 9.48. The topological polar surface area (TPSA) is 89.9 Å². The molecule has 0 aliphatic rings. The van der Waals surface area contributed by atoms with Crippen molar-refractivity contribution in [3.63, 3.8) is 0 Å². The molecule has 0 unspecified atom stereocenters. The van der Waals surface area contributed by atoms with Crippen LogP contribution in [0.4, 0.5) is 0 Å². The van der Waals surface area contributed by atoms with Gasteiger partial charge in [0.15, 0.2) is 11.5 Å². The van der Waals surface area contributed by atoms with Gasteiger partial charge in [-0.05, 0) is 12.1 Å². The molecule has 18 heavy (non-hydrogen) atoms. The Morgan fingerprint density at radius 3 is 2.89 bits per heavy atom. The van der Waals surface area contributed by atoms with Gasteiger partial charge in [0.2, 0.25) is 5.82 Å². The summed E-state index contributed by atoms with van der Waals surface area (Å²) in [6.45, 7) is 0. The van der Waals surface area contributed by atoms with E-state index in [1.165, 1.54) is 6.07 Å². The molecule has 3 aromatic rings. The largest absolute Gasteiger partial charge is 0.505 e. The van der Waals surface area contributed by atoms with E-state index in [0.717, 1.165) is 0 Å². The lowest BCUT2D eigenvalue weighted by Gasteiger charge is -1.95. The Bertz CT molecular complexity index is 688. The molecular formula is C11H9N5O2. The minimum Gasteiger partial charge on any atom is -0.505 e. The quantitative estimate of drug-likeness (QED) is 0.728. The maximum atomic E-state index is 9.65. The van der Waals surface area contributed by atoms with Crippen molar-refractivity contribution < 1.29 is 9.63 Å². The summed E-state index contributed by atoms with van der Waals surface area (Å²) in [7, 11) is 1.83. The van der Waals surface area contributed by atoms with Gasteiger partial charge in [0.05, 0.1) is 0 Å². The highest BCUT2D eigenvalue weighted by Crippen LogP contribution is 2.26. The van der Waals surface area contributed by atoms with Gasteiger partial charge in [-0.3, -0.25) is 0 Å². The van der Waals surface area contributed by atoms with E-state index in [2.05, 4.69) is 20.1 Å². The second-order valence-corrected chi connectivity index (χ2v) is 3.66. The molecule has 3 rings (SSSR count). The van der Waals surface area contributed by atoms with Gasteiger partial charge >= 0.3 is 0 Å². The van der Waals surface area contributed by atoms with Crippen LogP contribution in [0, 0.1) is 0 Å². The van der Waals surface area contributed by atoms with Gasteiger partial charge in [0.1, 0.15) is 5.75 Å². The van der Waals surface area contributed by atoms with Gasteiger partial charge in [-0.25, -0.2) is 9.97 Å². The highest BCUT2D eigenvalue weighted by atomic mass is 16.5. The molecule has 0 aliphatic heterocycles. The first-order valence-electron chi connectivity index (χ1n) is 5.21. The lowest BCUT2D eigenvalue weighted by molar-refractivity contribution is 0.423. The Kier molecular flexibility index (Phi) is 2.30. The van der Waals surface area contributed by atoms with Crippen LogP contribution in [0.1, 0.15) is 0 Å².